The highest BCUT2D eigenvalue weighted by Crippen LogP contribution is 2.12. The predicted octanol–water partition coefficient (Wildman–Crippen LogP) is 1.46. The number of halogens is 1. The third kappa shape index (κ3) is 6.14. The fourth-order valence-corrected chi connectivity index (χ4v) is 1.60. The van der Waals surface area contributed by atoms with Crippen LogP contribution in [0.25, 0.3) is 6.08 Å². The number of hydrogen-bond acceptors (Lipinski definition) is 4. The number of ether oxygens (including phenoxy) is 1. The van der Waals surface area contributed by atoms with Crippen LogP contribution in [0.2, 0.25) is 0 Å². The molecule has 0 atom stereocenters. The van der Waals surface area contributed by atoms with E-state index in [1.807, 2.05) is 29.6 Å². The smallest absolute Gasteiger partial charge is 0.331 e. The summed E-state index contributed by atoms with van der Waals surface area (Å²) in [4.78, 5) is 33.3. The molecule has 1 rings (SSSR count). The molecular formula is C13H13BrN2O4. The van der Waals surface area contributed by atoms with Crippen molar-refractivity contribution in [2.75, 3.05) is 13.7 Å². The maximum Gasteiger partial charge on any atom is 0.331 e. The van der Waals surface area contributed by atoms with E-state index in [9.17, 15) is 14.4 Å². The maximum absolute atomic E-state index is 11.4. The summed E-state index contributed by atoms with van der Waals surface area (Å²) in [6.07, 6.45) is 2.76. The lowest BCUT2D eigenvalue weighted by atomic mass is 10.2. The fourth-order valence-electron chi connectivity index (χ4n) is 1.18. The van der Waals surface area contributed by atoms with Crippen LogP contribution in [0.4, 0.5) is 4.79 Å². The van der Waals surface area contributed by atoms with Crippen LogP contribution in [0.1, 0.15) is 5.56 Å². The van der Waals surface area contributed by atoms with Gasteiger partial charge in [-0.05, 0) is 23.8 Å². The number of carbonyl (C=O) groups excluding carboxylic acids is 3. The Morgan fingerprint density at radius 1 is 1.35 bits per heavy atom. The van der Waals surface area contributed by atoms with Crippen LogP contribution in [0.5, 0.6) is 0 Å². The monoisotopic (exact) mass is 340 g/mol. The summed E-state index contributed by atoms with van der Waals surface area (Å²) in [5.41, 5.74) is 0.811. The van der Waals surface area contributed by atoms with Crippen LogP contribution in [0.3, 0.4) is 0 Å². The second-order valence-corrected chi connectivity index (χ2v) is 4.54. The largest absolute Gasteiger partial charge is 0.452 e. The number of urea groups is 1. The van der Waals surface area contributed by atoms with Gasteiger partial charge in [-0.2, -0.15) is 0 Å². The van der Waals surface area contributed by atoms with Crippen molar-refractivity contribution in [3.8, 4) is 0 Å². The molecule has 0 saturated heterocycles. The van der Waals surface area contributed by atoms with Gasteiger partial charge in [-0.15, -0.1) is 0 Å². The van der Waals surface area contributed by atoms with Crippen molar-refractivity contribution in [3.05, 3.63) is 40.4 Å². The van der Waals surface area contributed by atoms with Crippen molar-refractivity contribution in [3.63, 3.8) is 0 Å². The molecular weight excluding hydrogens is 328 g/mol. The van der Waals surface area contributed by atoms with Crippen LogP contribution in [-0.4, -0.2) is 31.6 Å². The van der Waals surface area contributed by atoms with E-state index < -0.39 is 24.5 Å². The number of imide groups is 1. The van der Waals surface area contributed by atoms with E-state index in [1.165, 1.54) is 13.1 Å². The summed E-state index contributed by atoms with van der Waals surface area (Å²) >= 11 is 3.31. The molecule has 0 unspecified atom stereocenters. The van der Waals surface area contributed by atoms with E-state index in [1.54, 1.807) is 6.08 Å². The van der Waals surface area contributed by atoms with Crippen LogP contribution < -0.4 is 10.6 Å². The first-order valence-electron chi connectivity index (χ1n) is 5.63. The van der Waals surface area contributed by atoms with Gasteiger partial charge in [-0.3, -0.25) is 10.1 Å². The first-order chi connectivity index (χ1) is 9.51. The van der Waals surface area contributed by atoms with Crippen LogP contribution in [-0.2, 0) is 14.3 Å². The zero-order chi connectivity index (χ0) is 15.0. The van der Waals surface area contributed by atoms with Gasteiger partial charge in [0.25, 0.3) is 5.91 Å². The number of rotatable bonds is 4. The van der Waals surface area contributed by atoms with Crippen molar-refractivity contribution in [1.82, 2.24) is 10.6 Å². The third-order valence-corrected chi connectivity index (χ3v) is 2.58. The molecule has 0 aromatic heterocycles. The first kappa shape index (κ1) is 15.9. The van der Waals surface area contributed by atoms with Gasteiger partial charge >= 0.3 is 12.0 Å². The van der Waals surface area contributed by atoms with Crippen molar-refractivity contribution in [1.29, 1.82) is 0 Å². The minimum Gasteiger partial charge on any atom is -0.452 e. The lowest BCUT2D eigenvalue weighted by Crippen LogP contribution is -2.39. The fraction of sp³-hybridized carbons (Fsp3) is 0.154. The zero-order valence-electron chi connectivity index (χ0n) is 10.7. The number of carbonyl (C=O) groups is 3. The highest BCUT2D eigenvalue weighted by molar-refractivity contribution is 9.10. The van der Waals surface area contributed by atoms with Gasteiger partial charge in [0.05, 0.1) is 0 Å². The molecule has 7 heteroatoms. The van der Waals surface area contributed by atoms with E-state index in [-0.39, 0.29) is 0 Å². The number of nitrogens with one attached hydrogen (secondary N) is 2. The molecule has 0 fully saturated rings. The molecule has 0 aliphatic carbocycles. The number of amides is 3. The lowest BCUT2D eigenvalue weighted by molar-refractivity contribution is -0.143. The Bertz CT molecular complexity index is 543. The lowest BCUT2D eigenvalue weighted by Gasteiger charge is -2.03. The molecule has 1 aromatic carbocycles. The van der Waals surface area contributed by atoms with Crippen LogP contribution in [0.15, 0.2) is 34.8 Å². The molecule has 0 saturated carbocycles. The van der Waals surface area contributed by atoms with E-state index >= 15 is 0 Å². The average molecular weight is 341 g/mol. The second-order valence-electron chi connectivity index (χ2n) is 3.62. The highest BCUT2D eigenvalue weighted by atomic mass is 79.9. The predicted molar refractivity (Wildman–Crippen MR) is 76.7 cm³/mol. The van der Waals surface area contributed by atoms with Gasteiger partial charge in [-0.1, -0.05) is 28.1 Å². The minimum absolute atomic E-state index is 0.519. The van der Waals surface area contributed by atoms with E-state index in [2.05, 4.69) is 26.0 Å². The van der Waals surface area contributed by atoms with Crippen molar-refractivity contribution < 1.29 is 19.1 Å². The number of benzene rings is 1. The third-order valence-electron chi connectivity index (χ3n) is 2.09. The van der Waals surface area contributed by atoms with E-state index in [0.29, 0.717) is 0 Å². The molecule has 0 radical (unpaired) electrons. The molecule has 0 spiro atoms. The molecule has 0 bridgehead atoms. The Balaban J connectivity index is 2.40. The molecule has 106 valence electrons. The normalized spacial score (nSPS) is 10.1. The van der Waals surface area contributed by atoms with Gasteiger partial charge in [0.15, 0.2) is 6.61 Å². The Morgan fingerprint density at radius 2 is 2.10 bits per heavy atom. The summed E-state index contributed by atoms with van der Waals surface area (Å²) in [5, 5.41) is 4.18. The van der Waals surface area contributed by atoms with Gasteiger partial charge < -0.3 is 10.1 Å². The Labute approximate surface area is 124 Å². The standard InChI is InChI=1S/C13H13BrN2O4/c1-15-13(19)16-11(17)8-20-12(18)6-5-9-3-2-4-10(14)7-9/h2-7H,8H2,1H3,(H2,15,16,17,19)/b6-5+. The summed E-state index contributed by atoms with van der Waals surface area (Å²) in [7, 11) is 1.37. The van der Waals surface area contributed by atoms with Gasteiger partial charge in [0.2, 0.25) is 0 Å². The summed E-state index contributed by atoms with van der Waals surface area (Å²) in [6, 6.07) is 6.66. The highest BCUT2D eigenvalue weighted by Gasteiger charge is 2.07. The maximum atomic E-state index is 11.4. The molecule has 0 heterocycles. The van der Waals surface area contributed by atoms with E-state index in [0.717, 1.165) is 10.0 Å². The van der Waals surface area contributed by atoms with Crippen LogP contribution in [0, 0.1) is 0 Å². The van der Waals surface area contributed by atoms with Crippen LogP contribution >= 0.6 is 15.9 Å². The molecule has 20 heavy (non-hydrogen) atoms. The molecule has 0 aliphatic heterocycles. The Kier molecular flexibility index (Phi) is 6.45. The van der Waals surface area contributed by atoms with Crippen molar-refractivity contribution in [2.24, 2.45) is 0 Å². The molecule has 1 aromatic rings. The number of hydrogen-bond donors (Lipinski definition) is 2. The summed E-state index contributed by atoms with van der Waals surface area (Å²) < 4.78 is 5.56. The minimum atomic E-state index is -0.700. The second kappa shape index (κ2) is 8.11. The van der Waals surface area contributed by atoms with Gasteiger partial charge in [0.1, 0.15) is 0 Å². The molecule has 3 amide bonds. The van der Waals surface area contributed by atoms with Gasteiger partial charge in [0, 0.05) is 17.6 Å². The van der Waals surface area contributed by atoms with Gasteiger partial charge in [-0.25, -0.2) is 9.59 Å². The summed E-state index contributed by atoms with van der Waals surface area (Å²) in [5.74, 6) is -1.37. The zero-order valence-corrected chi connectivity index (χ0v) is 12.3. The molecule has 2 N–H and O–H groups in total. The first-order valence-corrected chi connectivity index (χ1v) is 6.42. The van der Waals surface area contributed by atoms with Crippen molar-refractivity contribution in [2.45, 2.75) is 0 Å². The SMILES string of the molecule is CNC(=O)NC(=O)COC(=O)/C=C/c1cccc(Br)c1. The summed E-state index contributed by atoms with van der Waals surface area (Å²) in [6.45, 7) is -0.519. The topological polar surface area (TPSA) is 84.5 Å². The Hall–Kier alpha value is -2.15. The van der Waals surface area contributed by atoms with Crippen molar-refractivity contribution >= 4 is 39.9 Å². The molecule has 0 aliphatic rings. The Morgan fingerprint density at radius 3 is 2.75 bits per heavy atom. The molecule has 6 nitrogen and oxygen atoms in total. The quantitative estimate of drug-likeness (QED) is 0.642. The number of esters is 1. The van der Waals surface area contributed by atoms with E-state index in [4.69, 9.17) is 0 Å². The average Bonchev–Trinajstić information content (AvgIpc) is 2.42.